The number of nitrogens with zero attached hydrogens (tertiary/aromatic N) is 5. The quantitative estimate of drug-likeness (QED) is 0.512. The van der Waals surface area contributed by atoms with Gasteiger partial charge in [-0.05, 0) is 44.8 Å². The van der Waals surface area contributed by atoms with Gasteiger partial charge in [-0.15, -0.1) is 0 Å². The second kappa shape index (κ2) is 9.94. The van der Waals surface area contributed by atoms with E-state index in [9.17, 15) is 8.42 Å². The summed E-state index contributed by atoms with van der Waals surface area (Å²) < 4.78 is 27.9. The van der Waals surface area contributed by atoms with Gasteiger partial charge < -0.3 is 10.2 Å². The Bertz CT molecular complexity index is 1230. The first kappa shape index (κ1) is 23.3. The van der Waals surface area contributed by atoms with Crippen LogP contribution in [0.4, 0.5) is 5.82 Å². The van der Waals surface area contributed by atoms with Gasteiger partial charge in [-0.25, -0.2) is 28.1 Å². The molecular formula is C22H30N8O2S. The molecule has 0 aromatic carbocycles. The Hall–Kier alpha value is -2.89. The number of aromatic nitrogens is 4. The Balaban J connectivity index is 1.54. The van der Waals surface area contributed by atoms with Crippen molar-refractivity contribution in [3.05, 3.63) is 41.4 Å². The summed E-state index contributed by atoms with van der Waals surface area (Å²) in [6.07, 6.45) is 12.6. The molecule has 0 bridgehead atoms. The van der Waals surface area contributed by atoms with Crippen LogP contribution in [0.25, 0.3) is 16.6 Å². The zero-order chi connectivity index (χ0) is 23.4. The molecule has 1 aliphatic carbocycles. The Morgan fingerprint density at radius 3 is 2.85 bits per heavy atom. The maximum Gasteiger partial charge on any atom is 0.257 e. The summed E-state index contributed by atoms with van der Waals surface area (Å²) in [5, 5.41) is 11.3. The van der Waals surface area contributed by atoms with Crippen molar-refractivity contribution in [3.63, 3.8) is 0 Å². The van der Waals surface area contributed by atoms with Crippen molar-refractivity contribution in [2.45, 2.75) is 19.8 Å². The van der Waals surface area contributed by atoms with E-state index in [2.05, 4.69) is 48.1 Å². The maximum absolute atomic E-state index is 12.6. The van der Waals surface area contributed by atoms with E-state index >= 15 is 0 Å². The van der Waals surface area contributed by atoms with E-state index in [1.54, 1.807) is 18.5 Å². The van der Waals surface area contributed by atoms with Gasteiger partial charge in [0.2, 0.25) is 0 Å². The van der Waals surface area contributed by atoms with Gasteiger partial charge in [0.25, 0.3) is 10.0 Å². The van der Waals surface area contributed by atoms with Crippen molar-refractivity contribution in [2.75, 3.05) is 39.0 Å². The van der Waals surface area contributed by atoms with Crippen LogP contribution in [0.5, 0.6) is 0 Å². The van der Waals surface area contributed by atoms with Gasteiger partial charge in [-0.3, -0.25) is 5.10 Å². The first-order chi connectivity index (χ1) is 15.8. The molecule has 2 atom stereocenters. The molecule has 11 heteroatoms. The number of likely N-dealkylation sites (N-methyl/N-ethyl adjacent to an activating group) is 1. The number of aromatic amines is 1. The predicted molar refractivity (Wildman–Crippen MR) is 131 cm³/mol. The number of aliphatic imine (C=N–C) groups is 1. The number of nitrogens with one attached hydrogen (secondary N) is 3. The molecule has 0 amide bonds. The lowest BCUT2D eigenvalue weighted by molar-refractivity contribution is 0.425. The molecule has 2 aromatic rings. The number of hydrogen-bond acceptors (Lipinski definition) is 8. The summed E-state index contributed by atoms with van der Waals surface area (Å²) in [6.45, 7) is 3.93. The third kappa shape index (κ3) is 5.55. The van der Waals surface area contributed by atoms with Gasteiger partial charge in [-0.1, -0.05) is 25.2 Å². The van der Waals surface area contributed by atoms with Crippen LogP contribution in [0.1, 0.15) is 25.6 Å². The second-order valence-electron chi connectivity index (χ2n) is 8.55. The minimum Gasteiger partial charge on any atom is -0.368 e. The van der Waals surface area contributed by atoms with Crippen molar-refractivity contribution in [1.82, 2.24) is 29.8 Å². The fourth-order valence-corrected chi connectivity index (χ4v) is 4.78. The third-order valence-electron chi connectivity index (χ3n) is 5.69. The van der Waals surface area contributed by atoms with E-state index in [4.69, 9.17) is 4.98 Å². The molecule has 1 aliphatic heterocycles. The second-order valence-corrected chi connectivity index (χ2v) is 10.3. The fourth-order valence-electron chi connectivity index (χ4n) is 3.67. The van der Waals surface area contributed by atoms with Crippen LogP contribution >= 0.6 is 0 Å². The number of fused-ring (bicyclic) bond motifs is 1. The average Bonchev–Trinajstić information content (AvgIpc) is 3.28. The molecule has 10 nitrogen and oxygen atoms in total. The molecule has 0 spiro atoms. The van der Waals surface area contributed by atoms with Crippen LogP contribution in [0, 0.1) is 11.8 Å². The van der Waals surface area contributed by atoms with Crippen molar-refractivity contribution in [1.29, 1.82) is 0 Å². The first-order valence-electron chi connectivity index (χ1n) is 11.1. The van der Waals surface area contributed by atoms with Gasteiger partial charge in [0.05, 0.1) is 11.6 Å². The molecular weight excluding hydrogens is 440 g/mol. The molecule has 176 valence electrons. The fraction of sp³-hybridized carbons (Fsp3) is 0.455. The highest BCUT2D eigenvalue weighted by molar-refractivity contribution is 7.93. The zero-order valence-corrected chi connectivity index (χ0v) is 19.9. The van der Waals surface area contributed by atoms with Crippen molar-refractivity contribution in [3.8, 4) is 0 Å². The van der Waals surface area contributed by atoms with Crippen molar-refractivity contribution >= 4 is 38.7 Å². The standard InChI is InChI=1S/C22H30N8O2S/c1-15-7-8-16(12-17(15)13-26-33(31,32)19-6-4-5-9-23-19)20-27-21(24-10-11-30(2)3)18-14-25-29-22(18)28-20/h6-9,12,14-15,17,26H,4-5,10-11,13H2,1-3H3,(H2,24,25,27,28,29)/t15?,17-/m0/s1. The summed E-state index contributed by atoms with van der Waals surface area (Å²) >= 11 is 0. The number of hydrogen-bond donors (Lipinski definition) is 3. The van der Waals surface area contributed by atoms with Crippen LogP contribution in [0.3, 0.4) is 0 Å². The van der Waals surface area contributed by atoms with Gasteiger partial charge in [0.1, 0.15) is 5.82 Å². The largest absolute Gasteiger partial charge is 0.368 e. The van der Waals surface area contributed by atoms with Crippen LogP contribution in [0.2, 0.25) is 0 Å². The molecule has 0 radical (unpaired) electrons. The highest BCUT2D eigenvalue weighted by Crippen LogP contribution is 2.29. The molecule has 3 heterocycles. The molecule has 1 unspecified atom stereocenters. The average molecular weight is 471 g/mol. The summed E-state index contributed by atoms with van der Waals surface area (Å²) in [6, 6.07) is 0. The number of H-pyrrole nitrogens is 1. The molecule has 0 saturated carbocycles. The van der Waals surface area contributed by atoms with Crippen molar-refractivity contribution in [2.24, 2.45) is 16.8 Å². The molecule has 4 rings (SSSR count). The van der Waals surface area contributed by atoms with E-state index in [0.717, 1.165) is 36.3 Å². The van der Waals surface area contributed by atoms with E-state index in [1.807, 2.05) is 26.2 Å². The zero-order valence-electron chi connectivity index (χ0n) is 19.1. The van der Waals surface area contributed by atoms with Crippen LogP contribution in [-0.2, 0) is 10.0 Å². The highest BCUT2D eigenvalue weighted by Gasteiger charge is 2.24. The molecule has 33 heavy (non-hydrogen) atoms. The Morgan fingerprint density at radius 2 is 2.09 bits per heavy atom. The normalized spacial score (nSPS) is 20.8. The van der Waals surface area contributed by atoms with Gasteiger partial charge in [-0.2, -0.15) is 5.10 Å². The Kier molecular flexibility index (Phi) is 7.01. The third-order valence-corrected chi connectivity index (χ3v) is 7.05. The summed E-state index contributed by atoms with van der Waals surface area (Å²) in [7, 11) is 0.405. The van der Waals surface area contributed by atoms with Gasteiger partial charge >= 0.3 is 0 Å². The number of allylic oxidation sites excluding steroid dienone is 4. The lowest BCUT2D eigenvalue weighted by atomic mass is 9.87. The smallest absolute Gasteiger partial charge is 0.257 e. The molecule has 2 aliphatic rings. The van der Waals surface area contributed by atoms with Gasteiger partial charge in [0.15, 0.2) is 16.5 Å². The number of rotatable bonds is 9. The minimum absolute atomic E-state index is 0.0424. The summed E-state index contributed by atoms with van der Waals surface area (Å²) in [5.74, 6) is 1.40. The van der Waals surface area contributed by atoms with E-state index in [1.165, 1.54) is 0 Å². The lowest BCUT2D eigenvalue weighted by Crippen LogP contribution is -2.32. The van der Waals surface area contributed by atoms with E-state index < -0.39 is 10.0 Å². The number of anilines is 1. The molecule has 0 fully saturated rings. The highest BCUT2D eigenvalue weighted by atomic mass is 32.2. The lowest BCUT2D eigenvalue weighted by Gasteiger charge is -2.23. The topological polar surface area (TPSA) is 128 Å². The Morgan fingerprint density at radius 1 is 1.24 bits per heavy atom. The van der Waals surface area contributed by atoms with Crippen LogP contribution < -0.4 is 10.0 Å². The van der Waals surface area contributed by atoms with E-state index in [0.29, 0.717) is 17.9 Å². The van der Waals surface area contributed by atoms with E-state index in [-0.39, 0.29) is 23.4 Å². The molecule has 3 N–H and O–H groups in total. The molecule has 0 saturated heterocycles. The Labute approximate surface area is 194 Å². The van der Waals surface area contributed by atoms with Gasteiger partial charge in [0, 0.05) is 31.4 Å². The maximum atomic E-state index is 12.6. The number of sulfonamides is 1. The molecule has 2 aromatic heterocycles. The van der Waals surface area contributed by atoms with Crippen LogP contribution in [-0.4, -0.2) is 73.4 Å². The summed E-state index contributed by atoms with van der Waals surface area (Å²) in [5.41, 5.74) is 1.50. The first-order valence-corrected chi connectivity index (χ1v) is 12.5. The minimum atomic E-state index is -3.63. The predicted octanol–water partition coefficient (Wildman–Crippen LogP) is 2.16. The monoisotopic (exact) mass is 470 g/mol. The summed E-state index contributed by atoms with van der Waals surface area (Å²) in [4.78, 5) is 15.5. The SMILES string of the molecule is CC1C=CC(c2nc(NCCN(C)C)c3cn[nH]c3n2)=C[C@H]1CNS(=O)(=O)C1=CCCC=N1. The van der Waals surface area contributed by atoms with Crippen molar-refractivity contribution < 1.29 is 8.42 Å². The van der Waals surface area contributed by atoms with Crippen LogP contribution in [0.15, 0.2) is 40.5 Å².